The molecule has 1 aromatic rings. The highest BCUT2D eigenvalue weighted by Crippen LogP contribution is 2.27. The van der Waals surface area contributed by atoms with Crippen LogP contribution in [-0.2, 0) is 4.74 Å². The van der Waals surface area contributed by atoms with E-state index in [0.717, 1.165) is 5.56 Å². The second-order valence-corrected chi connectivity index (χ2v) is 4.78. The molecule has 0 spiro atoms. The summed E-state index contributed by atoms with van der Waals surface area (Å²) in [7, 11) is 0. The molecule has 1 rings (SSSR count). The predicted molar refractivity (Wildman–Crippen MR) is 64.1 cm³/mol. The topological polar surface area (TPSA) is 9.23 Å². The van der Waals surface area contributed by atoms with Crippen molar-refractivity contribution in [3.63, 3.8) is 0 Å². The van der Waals surface area contributed by atoms with Crippen LogP contribution in [0.1, 0.15) is 17.4 Å². The number of hydrogen-bond acceptors (Lipinski definition) is 1. The van der Waals surface area contributed by atoms with E-state index in [9.17, 15) is 13.2 Å². The van der Waals surface area contributed by atoms with Crippen LogP contribution < -0.4 is 0 Å². The van der Waals surface area contributed by atoms with Crippen LogP contribution >= 0.6 is 27.5 Å². The Hall–Kier alpha value is -0.260. The third kappa shape index (κ3) is 5.27. The highest BCUT2D eigenvalue weighted by molar-refractivity contribution is 9.10. The molecule has 0 N–H and O–H groups in total. The van der Waals surface area contributed by atoms with Crippen molar-refractivity contribution in [2.24, 2.45) is 0 Å². The second kappa shape index (κ2) is 7.24. The first-order valence-corrected chi connectivity index (χ1v) is 6.18. The summed E-state index contributed by atoms with van der Waals surface area (Å²) >= 11 is 9.09. The van der Waals surface area contributed by atoms with E-state index in [1.54, 1.807) is 12.1 Å². The van der Waals surface area contributed by atoms with Gasteiger partial charge in [-0.05, 0) is 40.0 Å². The standard InChI is InChI=1S/C11H11BrClF3O/c12-8-5-7(1-2-10(8)14)9(13)3-4-17-6-11(15)16/h1-2,5,9,11H,3-4,6H2. The van der Waals surface area contributed by atoms with E-state index < -0.39 is 13.0 Å². The Morgan fingerprint density at radius 3 is 2.65 bits per heavy atom. The van der Waals surface area contributed by atoms with Crippen LogP contribution in [0.2, 0.25) is 0 Å². The number of hydrogen-bond donors (Lipinski definition) is 0. The third-order valence-electron chi connectivity index (χ3n) is 2.06. The van der Waals surface area contributed by atoms with E-state index in [-0.39, 0.29) is 17.8 Å². The van der Waals surface area contributed by atoms with E-state index in [4.69, 9.17) is 16.3 Å². The summed E-state index contributed by atoms with van der Waals surface area (Å²) in [6.07, 6.45) is -2.07. The van der Waals surface area contributed by atoms with E-state index in [1.165, 1.54) is 6.07 Å². The van der Waals surface area contributed by atoms with Crippen molar-refractivity contribution >= 4 is 27.5 Å². The quantitative estimate of drug-likeness (QED) is 0.549. The molecule has 1 unspecified atom stereocenters. The fourth-order valence-electron chi connectivity index (χ4n) is 1.23. The van der Waals surface area contributed by atoms with Gasteiger partial charge in [0.1, 0.15) is 12.4 Å². The molecule has 0 radical (unpaired) electrons. The molecule has 17 heavy (non-hydrogen) atoms. The summed E-state index contributed by atoms with van der Waals surface area (Å²) < 4.78 is 41.6. The van der Waals surface area contributed by atoms with E-state index >= 15 is 0 Å². The first-order chi connectivity index (χ1) is 8.00. The van der Waals surface area contributed by atoms with Gasteiger partial charge in [-0.15, -0.1) is 11.6 Å². The Bertz CT molecular complexity index is 363. The molecule has 96 valence electrons. The van der Waals surface area contributed by atoms with Crippen molar-refractivity contribution in [1.82, 2.24) is 0 Å². The van der Waals surface area contributed by atoms with Crippen LogP contribution in [0.5, 0.6) is 0 Å². The van der Waals surface area contributed by atoms with E-state index in [0.29, 0.717) is 10.9 Å². The predicted octanol–water partition coefficient (Wildman–Crippen LogP) is 4.54. The van der Waals surface area contributed by atoms with E-state index in [1.807, 2.05) is 0 Å². The minimum atomic E-state index is -2.47. The smallest absolute Gasteiger partial charge is 0.261 e. The maximum absolute atomic E-state index is 13.0. The molecule has 1 atom stereocenters. The van der Waals surface area contributed by atoms with Gasteiger partial charge in [0.25, 0.3) is 6.43 Å². The van der Waals surface area contributed by atoms with Crippen molar-refractivity contribution in [3.8, 4) is 0 Å². The largest absolute Gasteiger partial charge is 0.375 e. The molecule has 0 heterocycles. The lowest BCUT2D eigenvalue weighted by Crippen LogP contribution is -2.07. The van der Waals surface area contributed by atoms with Gasteiger partial charge in [-0.1, -0.05) is 6.07 Å². The van der Waals surface area contributed by atoms with Gasteiger partial charge >= 0.3 is 0 Å². The number of alkyl halides is 3. The fourth-order valence-corrected chi connectivity index (χ4v) is 1.85. The summed E-state index contributed by atoms with van der Waals surface area (Å²) in [6.45, 7) is -0.440. The Kier molecular flexibility index (Phi) is 6.30. The fraction of sp³-hybridized carbons (Fsp3) is 0.455. The summed E-state index contributed by atoms with van der Waals surface area (Å²) in [5, 5.41) is -0.385. The number of ether oxygens (including phenoxy) is 1. The van der Waals surface area contributed by atoms with Gasteiger partial charge in [0, 0.05) is 6.61 Å². The average molecular weight is 332 g/mol. The molecule has 0 bridgehead atoms. The van der Waals surface area contributed by atoms with Crippen molar-refractivity contribution in [2.75, 3.05) is 13.2 Å². The molecule has 1 aromatic carbocycles. The Balaban J connectivity index is 2.41. The molecule has 0 aliphatic carbocycles. The summed E-state index contributed by atoms with van der Waals surface area (Å²) in [4.78, 5) is 0. The highest BCUT2D eigenvalue weighted by atomic mass is 79.9. The molecule has 0 amide bonds. The van der Waals surface area contributed by atoms with Crippen LogP contribution in [0.25, 0.3) is 0 Å². The number of benzene rings is 1. The Morgan fingerprint density at radius 2 is 2.06 bits per heavy atom. The first kappa shape index (κ1) is 14.8. The van der Waals surface area contributed by atoms with E-state index in [2.05, 4.69) is 15.9 Å². The summed E-state index contributed by atoms with van der Waals surface area (Å²) in [5.41, 5.74) is 0.723. The van der Waals surface area contributed by atoms with Crippen LogP contribution in [0.3, 0.4) is 0 Å². The van der Waals surface area contributed by atoms with Gasteiger partial charge in [0.15, 0.2) is 0 Å². The van der Waals surface area contributed by atoms with Gasteiger partial charge in [-0.3, -0.25) is 0 Å². The maximum Gasteiger partial charge on any atom is 0.261 e. The zero-order chi connectivity index (χ0) is 12.8. The molecule has 0 aromatic heterocycles. The molecule has 0 aliphatic heterocycles. The van der Waals surface area contributed by atoms with Crippen molar-refractivity contribution < 1.29 is 17.9 Å². The van der Waals surface area contributed by atoms with Crippen LogP contribution in [0.4, 0.5) is 13.2 Å². The monoisotopic (exact) mass is 330 g/mol. The van der Waals surface area contributed by atoms with Crippen molar-refractivity contribution in [2.45, 2.75) is 18.2 Å². The molecular weight excluding hydrogens is 320 g/mol. The second-order valence-electron chi connectivity index (χ2n) is 3.40. The molecular formula is C11H11BrClF3O. The van der Waals surface area contributed by atoms with Crippen molar-refractivity contribution in [1.29, 1.82) is 0 Å². The number of halogens is 5. The molecule has 0 aliphatic rings. The van der Waals surface area contributed by atoms with Gasteiger partial charge in [0.2, 0.25) is 0 Å². The molecule has 0 saturated carbocycles. The van der Waals surface area contributed by atoms with Crippen LogP contribution in [0, 0.1) is 5.82 Å². The summed E-state index contributed by atoms with van der Waals surface area (Å²) in [6, 6.07) is 4.43. The SMILES string of the molecule is Fc1ccc(C(Cl)CCOCC(F)F)cc1Br. The Morgan fingerprint density at radius 1 is 1.35 bits per heavy atom. The minimum Gasteiger partial charge on any atom is -0.375 e. The minimum absolute atomic E-state index is 0.146. The molecule has 6 heteroatoms. The molecule has 1 nitrogen and oxygen atoms in total. The van der Waals surface area contributed by atoms with Crippen molar-refractivity contribution in [3.05, 3.63) is 34.1 Å². The lowest BCUT2D eigenvalue weighted by molar-refractivity contribution is 0.0165. The summed E-state index contributed by atoms with van der Waals surface area (Å²) in [5.74, 6) is -0.369. The first-order valence-electron chi connectivity index (χ1n) is 4.95. The lowest BCUT2D eigenvalue weighted by atomic mass is 10.1. The van der Waals surface area contributed by atoms with Crippen LogP contribution in [0.15, 0.2) is 22.7 Å². The molecule has 0 saturated heterocycles. The van der Waals surface area contributed by atoms with Crippen LogP contribution in [-0.4, -0.2) is 19.6 Å². The van der Waals surface area contributed by atoms with Gasteiger partial charge < -0.3 is 4.74 Å². The highest BCUT2D eigenvalue weighted by Gasteiger charge is 2.11. The molecule has 0 fully saturated rings. The van der Waals surface area contributed by atoms with Gasteiger partial charge in [-0.25, -0.2) is 13.2 Å². The third-order valence-corrected chi connectivity index (χ3v) is 3.14. The van der Waals surface area contributed by atoms with Gasteiger partial charge in [-0.2, -0.15) is 0 Å². The average Bonchev–Trinajstić information content (AvgIpc) is 2.27. The lowest BCUT2D eigenvalue weighted by Gasteiger charge is -2.10. The Labute approximate surface area is 111 Å². The number of rotatable bonds is 6. The normalized spacial score (nSPS) is 13.1. The van der Waals surface area contributed by atoms with Gasteiger partial charge in [0.05, 0.1) is 9.85 Å². The maximum atomic E-state index is 13.0. The zero-order valence-corrected chi connectivity index (χ0v) is 11.1. The zero-order valence-electron chi connectivity index (χ0n) is 8.81.